The van der Waals surface area contributed by atoms with Crippen molar-refractivity contribution in [3.8, 4) is 0 Å². The molecule has 1 aromatic rings. The molecule has 3 aliphatic rings. The van der Waals surface area contributed by atoms with Crippen molar-refractivity contribution in [2.75, 3.05) is 4.90 Å². The average molecular weight is 287 g/mol. The lowest BCUT2D eigenvalue weighted by molar-refractivity contribution is -0.142. The van der Waals surface area contributed by atoms with Gasteiger partial charge in [-0.1, -0.05) is 6.42 Å². The van der Waals surface area contributed by atoms with Gasteiger partial charge in [-0.3, -0.25) is 4.79 Å². The van der Waals surface area contributed by atoms with Crippen LogP contribution in [-0.4, -0.2) is 33.1 Å². The Morgan fingerprint density at radius 1 is 1.19 bits per heavy atom. The summed E-state index contributed by atoms with van der Waals surface area (Å²) < 4.78 is 0. The highest BCUT2D eigenvalue weighted by atomic mass is 16.4. The summed E-state index contributed by atoms with van der Waals surface area (Å²) >= 11 is 0. The number of carbonyl (C=O) groups is 1. The number of aryl methyl sites for hydroxylation is 1. The van der Waals surface area contributed by atoms with Gasteiger partial charge in [0, 0.05) is 23.3 Å². The lowest BCUT2D eigenvalue weighted by atomic mass is 9.89. The summed E-state index contributed by atoms with van der Waals surface area (Å²) in [6.07, 6.45) is 10.3. The second-order valence-corrected chi connectivity index (χ2v) is 6.57. The Hall–Kier alpha value is -1.65. The van der Waals surface area contributed by atoms with Crippen LogP contribution >= 0.6 is 0 Å². The minimum Gasteiger partial charge on any atom is -0.481 e. The van der Waals surface area contributed by atoms with Crippen LogP contribution in [0.25, 0.3) is 0 Å². The third-order valence-corrected chi connectivity index (χ3v) is 5.45. The Balaban J connectivity index is 1.73. The fourth-order valence-corrected chi connectivity index (χ4v) is 4.49. The minimum absolute atomic E-state index is 0.134. The molecule has 2 bridgehead atoms. The normalized spacial score (nSPS) is 31.0. The van der Waals surface area contributed by atoms with E-state index in [0.717, 1.165) is 37.9 Å². The predicted octanol–water partition coefficient (Wildman–Crippen LogP) is 2.19. The number of carboxylic acids is 1. The molecule has 3 unspecified atom stereocenters. The van der Waals surface area contributed by atoms with E-state index in [9.17, 15) is 9.90 Å². The van der Waals surface area contributed by atoms with Crippen molar-refractivity contribution >= 4 is 11.8 Å². The second kappa shape index (κ2) is 4.97. The average Bonchev–Trinajstić information content (AvgIpc) is 2.95. The van der Waals surface area contributed by atoms with Gasteiger partial charge in [0.05, 0.1) is 5.92 Å². The van der Waals surface area contributed by atoms with Crippen LogP contribution in [0.4, 0.5) is 5.82 Å². The Labute approximate surface area is 124 Å². The molecule has 0 spiro atoms. The highest BCUT2D eigenvalue weighted by Gasteiger charge is 2.50. The molecule has 1 aliphatic carbocycles. The molecular weight excluding hydrogens is 266 g/mol. The molecule has 0 radical (unpaired) electrons. The van der Waals surface area contributed by atoms with Gasteiger partial charge < -0.3 is 10.0 Å². The molecule has 1 N–H and O–H groups in total. The Morgan fingerprint density at radius 3 is 2.86 bits per heavy atom. The van der Waals surface area contributed by atoms with E-state index >= 15 is 0 Å². The van der Waals surface area contributed by atoms with Crippen molar-refractivity contribution in [1.29, 1.82) is 0 Å². The largest absolute Gasteiger partial charge is 0.481 e. The maximum absolute atomic E-state index is 11.5. The molecular formula is C16H21N3O2. The topological polar surface area (TPSA) is 66.3 Å². The maximum atomic E-state index is 11.5. The lowest BCUT2D eigenvalue weighted by Crippen LogP contribution is -2.34. The SMILES string of the molecule is O=C(O)C1CC2CCC1N2c1ncnc2c1CCCCC2. The molecule has 2 aliphatic heterocycles. The van der Waals surface area contributed by atoms with E-state index < -0.39 is 5.97 Å². The number of hydrogen-bond acceptors (Lipinski definition) is 4. The van der Waals surface area contributed by atoms with Crippen molar-refractivity contribution < 1.29 is 9.90 Å². The molecule has 5 heteroatoms. The number of aliphatic carboxylic acids is 1. The molecule has 1 aromatic heterocycles. The molecule has 2 saturated heterocycles. The first-order valence-electron chi connectivity index (χ1n) is 8.09. The molecule has 0 amide bonds. The van der Waals surface area contributed by atoms with Crippen LogP contribution in [-0.2, 0) is 17.6 Å². The number of nitrogens with zero attached hydrogens (tertiary/aromatic N) is 3. The third-order valence-electron chi connectivity index (χ3n) is 5.45. The van der Waals surface area contributed by atoms with Crippen LogP contribution in [0.15, 0.2) is 6.33 Å². The maximum Gasteiger partial charge on any atom is 0.308 e. The van der Waals surface area contributed by atoms with Crippen LogP contribution in [0, 0.1) is 5.92 Å². The minimum atomic E-state index is -0.646. The van der Waals surface area contributed by atoms with Gasteiger partial charge >= 0.3 is 5.97 Å². The molecule has 112 valence electrons. The Kier molecular flexibility index (Phi) is 3.08. The van der Waals surface area contributed by atoms with Crippen LogP contribution in [0.5, 0.6) is 0 Å². The lowest BCUT2D eigenvalue weighted by Gasteiger charge is -2.27. The smallest absolute Gasteiger partial charge is 0.308 e. The number of rotatable bonds is 2. The van der Waals surface area contributed by atoms with Crippen LogP contribution < -0.4 is 4.90 Å². The summed E-state index contributed by atoms with van der Waals surface area (Å²) in [5.74, 6) is 0.172. The zero-order chi connectivity index (χ0) is 14.4. The van der Waals surface area contributed by atoms with Crippen molar-refractivity contribution in [2.24, 2.45) is 5.92 Å². The van der Waals surface area contributed by atoms with Gasteiger partial charge in [0.15, 0.2) is 0 Å². The van der Waals surface area contributed by atoms with Gasteiger partial charge in [0.1, 0.15) is 12.1 Å². The number of fused-ring (bicyclic) bond motifs is 3. The van der Waals surface area contributed by atoms with Crippen LogP contribution in [0.1, 0.15) is 49.8 Å². The Morgan fingerprint density at radius 2 is 2.05 bits per heavy atom. The van der Waals surface area contributed by atoms with E-state index in [2.05, 4.69) is 14.9 Å². The van der Waals surface area contributed by atoms with Crippen molar-refractivity contribution in [1.82, 2.24) is 9.97 Å². The first-order chi connectivity index (χ1) is 10.3. The van der Waals surface area contributed by atoms with Gasteiger partial charge in [-0.25, -0.2) is 9.97 Å². The number of hydrogen-bond donors (Lipinski definition) is 1. The summed E-state index contributed by atoms with van der Waals surface area (Å²) in [5.41, 5.74) is 2.48. The Bertz CT molecular complexity index is 575. The van der Waals surface area contributed by atoms with Crippen LogP contribution in [0.3, 0.4) is 0 Å². The fourth-order valence-electron chi connectivity index (χ4n) is 4.49. The highest BCUT2D eigenvalue weighted by molar-refractivity contribution is 5.74. The fraction of sp³-hybridized carbons (Fsp3) is 0.688. The van der Waals surface area contributed by atoms with Gasteiger partial charge in [-0.05, 0) is 44.9 Å². The molecule has 21 heavy (non-hydrogen) atoms. The van der Waals surface area contributed by atoms with Crippen molar-refractivity contribution in [2.45, 2.75) is 63.5 Å². The second-order valence-electron chi connectivity index (χ2n) is 6.57. The van der Waals surface area contributed by atoms with E-state index in [4.69, 9.17) is 0 Å². The van der Waals surface area contributed by atoms with E-state index in [1.807, 2.05) is 0 Å². The van der Waals surface area contributed by atoms with Gasteiger partial charge in [-0.15, -0.1) is 0 Å². The van der Waals surface area contributed by atoms with E-state index in [1.165, 1.54) is 30.5 Å². The summed E-state index contributed by atoms with van der Waals surface area (Å²) in [6.45, 7) is 0. The zero-order valence-electron chi connectivity index (χ0n) is 12.2. The molecule has 2 fully saturated rings. The highest BCUT2D eigenvalue weighted by Crippen LogP contribution is 2.45. The molecule has 0 aromatic carbocycles. The molecule has 0 saturated carbocycles. The number of anilines is 1. The molecule has 3 atom stereocenters. The quantitative estimate of drug-likeness (QED) is 0.845. The standard InChI is InChI=1S/C16H21N3O2/c20-16(21)12-8-10-6-7-14(12)19(10)15-11-4-2-1-3-5-13(11)17-9-18-15/h9-10,12,14H,1-8H2,(H,20,21). The summed E-state index contributed by atoms with van der Waals surface area (Å²) in [6, 6.07) is 0.494. The number of aromatic nitrogens is 2. The van der Waals surface area contributed by atoms with E-state index in [1.54, 1.807) is 6.33 Å². The summed E-state index contributed by atoms with van der Waals surface area (Å²) in [7, 11) is 0. The third kappa shape index (κ3) is 2.01. The van der Waals surface area contributed by atoms with Gasteiger partial charge in [0.25, 0.3) is 0 Å². The van der Waals surface area contributed by atoms with Crippen molar-refractivity contribution in [3.05, 3.63) is 17.6 Å². The van der Waals surface area contributed by atoms with E-state index in [0.29, 0.717) is 6.04 Å². The first-order valence-corrected chi connectivity index (χ1v) is 8.09. The molecule has 4 rings (SSSR count). The summed E-state index contributed by atoms with van der Waals surface area (Å²) in [5, 5.41) is 9.42. The van der Waals surface area contributed by atoms with Crippen LogP contribution in [0.2, 0.25) is 0 Å². The van der Waals surface area contributed by atoms with E-state index in [-0.39, 0.29) is 12.0 Å². The number of carboxylic acid groups (broad SMARTS) is 1. The van der Waals surface area contributed by atoms with Gasteiger partial charge in [0.2, 0.25) is 0 Å². The molecule has 3 heterocycles. The van der Waals surface area contributed by atoms with Crippen molar-refractivity contribution in [3.63, 3.8) is 0 Å². The summed E-state index contributed by atoms with van der Waals surface area (Å²) in [4.78, 5) is 22.8. The predicted molar refractivity (Wildman–Crippen MR) is 78.3 cm³/mol. The first kappa shape index (κ1) is 13.0. The zero-order valence-corrected chi connectivity index (χ0v) is 12.2. The van der Waals surface area contributed by atoms with Gasteiger partial charge in [-0.2, -0.15) is 0 Å². The molecule has 5 nitrogen and oxygen atoms in total. The monoisotopic (exact) mass is 287 g/mol.